The number of hydrogen-bond donors (Lipinski definition) is 2. The molecule has 1 aliphatic rings. The van der Waals surface area contributed by atoms with Crippen LogP contribution in [-0.4, -0.2) is 24.1 Å². The van der Waals surface area contributed by atoms with Crippen molar-refractivity contribution in [3.63, 3.8) is 0 Å². The molecule has 0 aromatic heterocycles. The number of hydrogen-bond acceptors (Lipinski definition) is 3. The largest absolute Gasteiger partial charge is 0.483 e. The van der Waals surface area contributed by atoms with Crippen molar-refractivity contribution < 1.29 is 9.53 Å². The van der Waals surface area contributed by atoms with Crippen LogP contribution in [0.5, 0.6) is 5.75 Å². The molecule has 0 saturated heterocycles. The Morgan fingerprint density at radius 2 is 2.05 bits per heavy atom. The van der Waals surface area contributed by atoms with Gasteiger partial charge in [-0.2, -0.15) is 0 Å². The molecule has 0 unspecified atom stereocenters. The van der Waals surface area contributed by atoms with E-state index in [1.54, 1.807) is 0 Å². The van der Waals surface area contributed by atoms with Crippen molar-refractivity contribution in [2.24, 2.45) is 0 Å². The Kier molecular flexibility index (Phi) is 4.88. The molecule has 21 heavy (non-hydrogen) atoms. The highest BCUT2D eigenvalue weighted by Crippen LogP contribution is 2.21. The molecule has 1 saturated carbocycles. The Labute approximate surface area is 127 Å². The third kappa shape index (κ3) is 5.76. The fourth-order valence-corrected chi connectivity index (χ4v) is 1.99. The number of benzene rings is 1. The van der Waals surface area contributed by atoms with Crippen molar-refractivity contribution in [2.45, 2.75) is 58.7 Å². The van der Waals surface area contributed by atoms with Crippen molar-refractivity contribution in [1.82, 2.24) is 10.6 Å². The number of carbonyl (C=O) groups is 1. The van der Waals surface area contributed by atoms with Gasteiger partial charge in [0.2, 0.25) is 0 Å². The van der Waals surface area contributed by atoms with E-state index in [-0.39, 0.29) is 18.1 Å². The molecule has 0 atom stereocenters. The molecule has 1 amide bonds. The van der Waals surface area contributed by atoms with E-state index in [9.17, 15) is 4.79 Å². The third-order valence-electron chi connectivity index (χ3n) is 3.33. The number of amides is 1. The summed E-state index contributed by atoms with van der Waals surface area (Å²) in [6.45, 7) is 9.27. The first-order chi connectivity index (χ1) is 9.83. The van der Waals surface area contributed by atoms with E-state index in [1.165, 1.54) is 5.56 Å². The van der Waals surface area contributed by atoms with Gasteiger partial charge >= 0.3 is 0 Å². The van der Waals surface area contributed by atoms with E-state index in [0.717, 1.165) is 30.7 Å². The lowest BCUT2D eigenvalue weighted by atomic mass is 10.1. The van der Waals surface area contributed by atoms with Crippen LogP contribution in [0.25, 0.3) is 0 Å². The molecule has 116 valence electrons. The van der Waals surface area contributed by atoms with Crippen LogP contribution in [0.2, 0.25) is 0 Å². The lowest BCUT2D eigenvalue weighted by molar-refractivity contribution is -0.123. The topological polar surface area (TPSA) is 50.4 Å². The summed E-state index contributed by atoms with van der Waals surface area (Å²) in [4.78, 5) is 11.7. The van der Waals surface area contributed by atoms with E-state index in [0.29, 0.717) is 6.04 Å². The Hall–Kier alpha value is -1.55. The van der Waals surface area contributed by atoms with Crippen LogP contribution in [0.1, 0.15) is 44.7 Å². The van der Waals surface area contributed by atoms with Crippen LogP contribution in [0.3, 0.4) is 0 Å². The summed E-state index contributed by atoms with van der Waals surface area (Å²) >= 11 is 0. The first-order valence-electron chi connectivity index (χ1n) is 7.60. The lowest BCUT2D eigenvalue weighted by Gasteiger charge is -2.22. The summed E-state index contributed by atoms with van der Waals surface area (Å²) < 4.78 is 5.70. The van der Waals surface area contributed by atoms with Crippen molar-refractivity contribution >= 4 is 5.91 Å². The summed E-state index contributed by atoms with van der Waals surface area (Å²) in [5.41, 5.74) is 2.32. The minimum atomic E-state index is -0.0344. The van der Waals surface area contributed by atoms with Crippen LogP contribution >= 0.6 is 0 Å². The van der Waals surface area contributed by atoms with E-state index in [2.05, 4.69) is 44.4 Å². The summed E-state index contributed by atoms with van der Waals surface area (Å²) in [6.07, 6.45) is 2.19. The zero-order chi connectivity index (χ0) is 15.5. The SMILES string of the molecule is Cc1ccc(OCC(=O)NC2CC2)c(CNC(C)(C)C)c1. The molecule has 0 bridgehead atoms. The van der Waals surface area contributed by atoms with Gasteiger partial charge in [-0.15, -0.1) is 0 Å². The van der Waals surface area contributed by atoms with Gasteiger partial charge in [-0.3, -0.25) is 4.79 Å². The first kappa shape index (κ1) is 15.8. The molecule has 0 radical (unpaired) electrons. The highest BCUT2D eigenvalue weighted by molar-refractivity contribution is 5.78. The molecular formula is C17H26N2O2. The number of ether oxygens (including phenoxy) is 1. The Bertz CT molecular complexity index is 502. The lowest BCUT2D eigenvalue weighted by Crippen LogP contribution is -2.35. The minimum absolute atomic E-state index is 0.0344. The molecule has 4 nitrogen and oxygen atoms in total. The molecule has 4 heteroatoms. The van der Waals surface area contributed by atoms with E-state index >= 15 is 0 Å². The van der Waals surface area contributed by atoms with Crippen LogP contribution < -0.4 is 15.4 Å². The van der Waals surface area contributed by atoms with Crippen molar-refractivity contribution in [3.8, 4) is 5.75 Å². The molecule has 1 aromatic carbocycles. The zero-order valence-corrected chi connectivity index (χ0v) is 13.5. The van der Waals surface area contributed by atoms with Crippen LogP contribution in [0.4, 0.5) is 0 Å². The van der Waals surface area contributed by atoms with Gasteiger partial charge in [0, 0.05) is 23.7 Å². The Balaban J connectivity index is 1.94. The monoisotopic (exact) mass is 290 g/mol. The molecular weight excluding hydrogens is 264 g/mol. The van der Waals surface area contributed by atoms with Gasteiger partial charge < -0.3 is 15.4 Å². The summed E-state index contributed by atoms with van der Waals surface area (Å²) in [5, 5.41) is 6.39. The predicted octanol–water partition coefficient (Wildman–Crippen LogP) is 2.54. The van der Waals surface area contributed by atoms with Gasteiger partial charge in [0.05, 0.1) is 0 Å². The summed E-state index contributed by atoms with van der Waals surface area (Å²) in [7, 11) is 0. The Morgan fingerprint density at radius 3 is 2.67 bits per heavy atom. The second kappa shape index (κ2) is 6.48. The molecule has 0 spiro atoms. The van der Waals surface area contributed by atoms with Crippen LogP contribution in [-0.2, 0) is 11.3 Å². The average Bonchev–Trinajstić information content (AvgIpc) is 3.18. The number of carbonyl (C=O) groups excluding carboxylic acids is 1. The van der Waals surface area contributed by atoms with Crippen molar-refractivity contribution in [2.75, 3.05) is 6.61 Å². The molecule has 1 aromatic rings. The fourth-order valence-electron chi connectivity index (χ4n) is 1.99. The van der Waals surface area contributed by atoms with Crippen molar-refractivity contribution in [3.05, 3.63) is 29.3 Å². The van der Waals surface area contributed by atoms with E-state index < -0.39 is 0 Å². The third-order valence-corrected chi connectivity index (χ3v) is 3.33. The zero-order valence-electron chi connectivity index (χ0n) is 13.5. The average molecular weight is 290 g/mol. The van der Waals surface area contributed by atoms with E-state index in [1.807, 2.05) is 12.1 Å². The smallest absolute Gasteiger partial charge is 0.258 e. The summed E-state index contributed by atoms with van der Waals surface area (Å²) in [5.74, 6) is 0.746. The maximum atomic E-state index is 11.7. The molecule has 2 N–H and O–H groups in total. The van der Waals surface area contributed by atoms with Gasteiger partial charge in [0.25, 0.3) is 5.91 Å². The molecule has 1 aliphatic carbocycles. The maximum Gasteiger partial charge on any atom is 0.258 e. The van der Waals surface area contributed by atoms with Crippen LogP contribution in [0, 0.1) is 6.92 Å². The number of aryl methyl sites for hydroxylation is 1. The highest BCUT2D eigenvalue weighted by atomic mass is 16.5. The van der Waals surface area contributed by atoms with Crippen molar-refractivity contribution in [1.29, 1.82) is 0 Å². The standard InChI is InChI=1S/C17H26N2O2/c1-12-5-8-15(13(9-12)10-18-17(2,3)4)21-11-16(20)19-14-6-7-14/h5,8-9,14,18H,6-7,10-11H2,1-4H3,(H,19,20). The fraction of sp³-hybridized carbons (Fsp3) is 0.588. The summed E-state index contributed by atoms with van der Waals surface area (Å²) in [6, 6.07) is 6.43. The molecule has 0 aliphatic heterocycles. The number of nitrogens with one attached hydrogen (secondary N) is 2. The normalized spacial score (nSPS) is 14.9. The molecule has 2 rings (SSSR count). The minimum Gasteiger partial charge on any atom is -0.483 e. The van der Waals surface area contributed by atoms with Gasteiger partial charge in [-0.25, -0.2) is 0 Å². The molecule has 1 fully saturated rings. The van der Waals surface area contributed by atoms with E-state index in [4.69, 9.17) is 4.74 Å². The van der Waals surface area contributed by atoms with Crippen LogP contribution in [0.15, 0.2) is 18.2 Å². The van der Waals surface area contributed by atoms with Gasteiger partial charge in [0.1, 0.15) is 5.75 Å². The Morgan fingerprint density at radius 1 is 1.33 bits per heavy atom. The second-order valence-electron chi connectivity index (χ2n) is 6.85. The molecule has 0 heterocycles. The van der Waals surface area contributed by atoms with Gasteiger partial charge in [0.15, 0.2) is 6.61 Å². The number of rotatable bonds is 6. The van der Waals surface area contributed by atoms with Gasteiger partial charge in [-0.1, -0.05) is 17.7 Å². The highest BCUT2D eigenvalue weighted by Gasteiger charge is 2.23. The second-order valence-corrected chi connectivity index (χ2v) is 6.85. The van der Waals surface area contributed by atoms with Gasteiger partial charge in [-0.05, 0) is 46.6 Å². The predicted molar refractivity (Wildman–Crippen MR) is 84.4 cm³/mol. The quantitative estimate of drug-likeness (QED) is 0.846. The first-order valence-corrected chi connectivity index (χ1v) is 7.60. The maximum absolute atomic E-state index is 11.7.